The minimum absolute atomic E-state index is 0.00951. The lowest BCUT2D eigenvalue weighted by Gasteiger charge is -2.67. The van der Waals surface area contributed by atoms with Gasteiger partial charge in [0, 0.05) is 11.8 Å². The van der Waals surface area contributed by atoms with Crippen molar-refractivity contribution in [2.45, 2.75) is 96.7 Å². The molecule has 0 amide bonds. The van der Waals surface area contributed by atoms with Crippen LogP contribution in [-0.4, -0.2) is 39.9 Å². The second kappa shape index (κ2) is 6.42. The lowest BCUT2D eigenvalue weighted by molar-refractivity contribution is -0.367. The molecule has 156 valence electrons. The van der Waals surface area contributed by atoms with E-state index in [1.807, 2.05) is 20.8 Å². The van der Waals surface area contributed by atoms with E-state index in [2.05, 4.69) is 20.8 Å². The van der Waals surface area contributed by atoms with E-state index >= 15 is 0 Å². The maximum atomic E-state index is 12.4. The zero-order chi connectivity index (χ0) is 19.8. The van der Waals surface area contributed by atoms with E-state index in [4.69, 9.17) is 9.47 Å². The monoisotopic (exact) mass is 380 g/mol. The Hall–Kier alpha value is -0.160. The Bertz CT molecular complexity index is 571. The fourth-order valence-corrected chi connectivity index (χ4v) is 7.40. The van der Waals surface area contributed by atoms with Crippen molar-refractivity contribution < 1.29 is 19.7 Å². The number of rotatable bonds is 1. The van der Waals surface area contributed by atoms with E-state index < -0.39 is 17.0 Å². The van der Waals surface area contributed by atoms with Gasteiger partial charge in [-0.2, -0.15) is 0 Å². The van der Waals surface area contributed by atoms with Crippen molar-refractivity contribution in [2.75, 3.05) is 6.61 Å². The van der Waals surface area contributed by atoms with Crippen LogP contribution < -0.4 is 0 Å². The highest BCUT2D eigenvalue weighted by Crippen LogP contribution is 2.63. The average molecular weight is 381 g/mol. The second-order valence-corrected chi connectivity index (χ2v) is 11.2. The lowest BCUT2D eigenvalue weighted by atomic mass is 9.44. The maximum Gasteiger partial charge on any atom is 0.163 e. The van der Waals surface area contributed by atoms with Gasteiger partial charge in [0.15, 0.2) is 5.79 Å². The van der Waals surface area contributed by atoms with Gasteiger partial charge in [0.05, 0.1) is 18.3 Å². The van der Waals surface area contributed by atoms with Gasteiger partial charge in [-0.15, -0.1) is 0 Å². The fraction of sp³-hybridized carbons (Fsp3) is 1.00. The van der Waals surface area contributed by atoms with Crippen molar-refractivity contribution in [1.29, 1.82) is 0 Å². The molecule has 4 bridgehead atoms. The average Bonchev–Trinajstić information content (AvgIpc) is 2.55. The Labute approximate surface area is 165 Å². The molecule has 4 fully saturated rings. The van der Waals surface area contributed by atoms with Gasteiger partial charge in [0.25, 0.3) is 0 Å². The maximum absolute atomic E-state index is 12.4. The van der Waals surface area contributed by atoms with E-state index in [1.54, 1.807) is 0 Å². The zero-order valence-corrected chi connectivity index (χ0v) is 18.1. The summed E-state index contributed by atoms with van der Waals surface area (Å²) in [5, 5.41) is 23.9. The SMILES string of the molecule is CC(C)[C@H]1CC[C@H](C)[C@@H]2CC[C@@](C)(O)[C@@]3(O)[C@@H]2[C@@H]2OC(C)(C)OC[C@@H]2C[C@@H]13. The van der Waals surface area contributed by atoms with Gasteiger partial charge in [-0.05, 0) is 76.0 Å². The van der Waals surface area contributed by atoms with E-state index in [0.29, 0.717) is 42.6 Å². The molecule has 4 aliphatic rings. The molecular weight excluding hydrogens is 340 g/mol. The van der Waals surface area contributed by atoms with Crippen LogP contribution in [0.3, 0.4) is 0 Å². The Morgan fingerprint density at radius 1 is 1.04 bits per heavy atom. The van der Waals surface area contributed by atoms with E-state index in [-0.39, 0.29) is 17.9 Å². The van der Waals surface area contributed by atoms with Gasteiger partial charge in [-0.25, -0.2) is 0 Å². The molecule has 3 aliphatic carbocycles. The van der Waals surface area contributed by atoms with Crippen molar-refractivity contribution in [1.82, 2.24) is 0 Å². The van der Waals surface area contributed by atoms with Crippen LogP contribution in [0.1, 0.15) is 73.6 Å². The van der Waals surface area contributed by atoms with Crippen LogP contribution in [0, 0.1) is 41.4 Å². The number of fused-ring (bicyclic) bond motifs is 1. The number of aliphatic hydroxyl groups is 2. The Kier molecular flexibility index (Phi) is 4.78. The number of hydrogen-bond acceptors (Lipinski definition) is 4. The molecule has 4 heteroatoms. The highest BCUT2D eigenvalue weighted by atomic mass is 16.7. The molecule has 2 N–H and O–H groups in total. The van der Waals surface area contributed by atoms with Crippen LogP contribution in [-0.2, 0) is 9.47 Å². The van der Waals surface area contributed by atoms with Gasteiger partial charge in [0.2, 0.25) is 0 Å². The summed E-state index contributed by atoms with van der Waals surface area (Å²) in [6.07, 6.45) is 4.90. The molecule has 9 atom stereocenters. The minimum Gasteiger partial charge on any atom is -0.387 e. The standard InChI is InChI=1S/C23H40O4/c1-13(2)16-8-7-14(3)17-9-10-22(6,24)23(25)18(16)11-15-12-26-21(4,5)27-20(15)19(17)23/h13-20,24-25H,7-12H2,1-6H3/t14-,15-,16+,17-,18-,19-,20+,22+,23-/m0/s1. The Morgan fingerprint density at radius 2 is 1.74 bits per heavy atom. The van der Waals surface area contributed by atoms with Crippen LogP contribution in [0.2, 0.25) is 0 Å². The summed E-state index contributed by atoms with van der Waals surface area (Å²) in [6, 6.07) is 0. The number of ether oxygens (including phenoxy) is 2. The van der Waals surface area contributed by atoms with Crippen LogP contribution >= 0.6 is 0 Å². The zero-order valence-electron chi connectivity index (χ0n) is 18.1. The van der Waals surface area contributed by atoms with E-state index in [9.17, 15) is 10.2 Å². The van der Waals surface area contributed by atoms with Crippen LogP contribution in [0.5, 0.6) is 0 Å². The van der Waals surface area contributed by atoms with Gasteiger partial charge >= 0.3 is 0 Å². The minimum atomic E-state index is -1.08. The summed E-state index contributed by atoms with van der Waals surface area (Å²) in [5.74, 6) is 1.69. The molecule has 0 aromatic rings. The molecule has 0 aromatic carbocycles. The first kappa shape index (κ1) is 20.1. The summed E-state index contributed by atoms with van der Waals surface area (Å²) in [5.41, 5.74) is -2.13. The molecule has 3 saturated carbocycles. The first-order chi connectivity index (χ1) is 12.5. The molecular formula is C23H40O4. The van der Waals surface area contributed by atoms with Gasteiger partial charge in [-0.1, -0.05) is 27.2 Å². The predicted octanol–water partition coefficient (Wildman–Crippen LogP) is 3.98. The smallest absolute Gasteiger partial charge is 0.163 e. The first-order valence-corrected chi connectivity index (χ1v) is 11.2. The highest BCUT2D eigenvalue weighted by molar-refractivity contribution is 5.18. The largest absolute Gasteiger partial charge is 0.387 e. The highest BCUT2D eigenvalue weighted by Gasteiger charge is 2.69. The van der Waals surface area contributed by atoms with Crippen LogP contribution in [0.15, 0.2) is 0 Å². The fourth-order valence-electron chi connectivity index (χ4n) is 7.40. The lowest BCUT2D eigenvalue weighted by Crippen LogP contribution is -2.75. The van der Waals surface area contributed by atoms with Gasteiger partial charge < -0.3 is 19.7 Å². The third kappa shape index (κ3) is 2.93. The van der Waals surface area contributed by atoms with Crippen LogP contribution in [0.25, 0.3) is 0 Å². The first-order valence-electron chi connectivity index (χ1n) is 11.2. The third-order valence-corrected chi connectivity index (χ3v) is 8.86. The molecule has 0 unspecified atom stereocenters. The Morgan fingerprint density at radius 3 is 2.41 bits per heavy atom. The molecule has 1 aliphatic heterocycles. The second-order valence-electron chi connectivity index (χ2n) is 11.2. The predicted molar refractivity (Wildman–Crippen MR) is 105 cm³/mol. The van der Waals surface area contributed by atoms with Crippen LogP contribution in [0.4, 0.5) is 0 Å². The van der Waals surface area contributed by atoms with Gasteiger partial charge in [-0.3, -0.25) is 0 Å². The summed E-state index contributed by atoms with van der Waals surface area (Å²) in [6.45, 7) is 13.5. The molecule has 1 heterocycles. The summed E-state index contributed by atoms with van der Waals surface area (Å²) < 4.78 is 12.5. The normalized spacial score (nSPS) is 54.8. The van der Waals surface area contributed by atoms with Crippen molar-refractivity contribution in [2.24, 2.45) is 41.4 Å². The molecule has 1 saturated heterocycles. The number of hydrogen-bond donors (Lipinski definition) is 2. The van der Waals surface area contributed by atoms with E-state index in [0.717, 1.165) is 19.3 Å². The molecule has 4 rings (SSSR count). The van der Waals surface area contributed by atoms with Crippen molar-refractivity contribution >= 4 is 0 Å². The topological polar surface area (TPSA) is 58.9 Å². The Balaban J connectivity index is 1.85. The summed E-state index contributed by atoms with van der Waals surface area (Å²) in [4.78, 5) is 0. The van der Waals surface area contributed by atoms with Gasteiger partial charge in [0.1, 0.15) is 5.60 Å². The van der Waals surface area contributed by atoms with E-state index in [1.165, 1.54) is 6.42 Å². The summed E-state index contributed by atoms with van der Waals surface area (Å²) in [7, 11) is 0. The molecule has 4 nitrogen and oxygen atoms in total. The van der Waals surface area contributed by atoms with Crippen molar-refractivity contribution in [3.63, 3.8) is 0 Å². The molecule has 0 spiro atoms. The molecule has 0 aromatic heterocycles. The van der Waals surface area contributed by atoms with Crippen molar-refractivity contribution in [3.05, 3.63) is 0 Å². The third-order valence-electron chi connectivity index (χ3n) is 8.86. The quantitative estimate of drug-likeness (QED) is 0.722. The van der Waals surface area contributed by atoms with Crippen molar-refractivity contribution in [3.8, 4) is 0 Å². The molecule has 27 heavy (non-hydrogen) atoms. The summed E-state index contributed by atoms with van der Waals surface area (Å²) >= 11 is 0. The molecule has 0 radical (unpaired) electrons.